The first-order valence-electron chi connectivity index (χ1n) is 10.1. The molecular weight excluding hydrogens is 426 g/mol. The molecule has 5 aromatic rings. The van der Waals surface area contributed by atoms with Crippen LogP contribution in [0.2, 0.25) is 0 Å². The molecule has 3 aromatic carbocycles. The third-order valence-electron chi connectivity index (χ3n) is 5.82. The maximum absolute atomic E-state index is 13.1. The van der Waals surface area contributed by atoms with Crippen LogP contribution in [0.5, 0.6) is 11.5 Å². The predicted molar refractivity (Wildman–Crippen MR) is 119 cm³/mol. The summed E-state index contributed by atoms with van der Waals surface area (Å²) in [4.78, 5) is 36.9. The lowest BCUT2D eigenvalue weighted by atomic mass is 9.83. The van der Waals surface area contributed by atoms with Gasteiger partial charge in [-0.2, -0.15) is 0 Å². The molecular formula is C25H13NO7. The van der Waals surface area contributed by atoms with Crippen molar-refractivity contribution in [1.82, 2.24) is 0 Å². The zero-order chi connectivity index (χ0) is 22.7. The number of nitro benzene ring substituents is 1. The van der Waals surface area contributed by atoms with Crippen molar-refractivity contribution in [2.45, 2.75) is 5.92 Å². The Morgan fingerprint density at radius 3 is 1.67 bits per heavy atom. The summed E-state index contributed by atoms with van der Waals surface area (Å²) in [5.74, 6) is -0.326. The van der Waals surface area contributed by atoms with E-state index in [1.54, 1.807) is 48.5 Å². The van der Waals surface area contributed by atoms with Gasteiger partial charge in [0, 0.05) is 12.1 Å². The number of non-ortho nitro benzene ring substituents is 1. The summed E-state index contributed by atoms with van der Waals surface area (Å²) in [5.41, 5.74) is 0.0311. The zero-order valence-corrected chi connectivity index (χ0v) is 16.8. The molecule has 2 aromatic heterocycles. The molecule has 0 unspecified atom stereocenters. The Bertz CT molecular complexity index is 1610. The number of rotatable bonds is 2. The fraction of sp³-hybridized carbons (Fsp3) is 0.0400. The summed E-state index contributed by atoms with van der Waals surface area (Å²) in [6.07, 6.45) is 0. The molecule has 0 aliphatic carbocycles. The van der Waals surface area contributed by atoms with Crippen molar-refractivity contribution in [3.8, 4) is 11.5 Å². The fourth-order valence-electron chi connectivity index (χ4n) is 4.36. The van der Waals surface area contributed by atoms with Gasteiger partial charge in [-0.1, -0.05) is 36.4 Å². The summed E-state index contributed by atoms with van der Waals surface area (Å²) < 4.78 is 17.3. The number of benzene rings is 3. The molecule has 1 aliphatic heterocycles. The minimum absolute atomic E-state index is 0.109. The summed E-state index contributed by atoms with van der Waals surface area (Å²) in [6.45, 7) is 0. The van der Waals surface area contributed by atoms with Gasteiger partial charge in [0.1, 0.15) is 22.7 Å². The topological polar surface area (TPSA) is 113 Å². The van der Waals surface area contributed by atoms with Crippen LogP contribution >= 0.6 is 0 Å². The number of para-hydroxylation sites is 2. The summed E-state index contributed by atoms with van der Waals surface area (Å²) in [6, 6.07) is 19.6. The first-order valence-corrected chi connectivity index (χ1v) is 10.1. The zero-order valence-electron chi connectivity index (χ0n) is 16.8. The van der Waals surface area contributed by atoms with E-state index in [0.717, 1.165) is 0 Å². The van der Waals surface area contributed by atoms with E-state index >= 15 is 0 Å². The molecule has 6 rings (SSSR count). The van der Waals surface area contributed by atoms with Crippen molar-refractivity contribution in [3.05, 3.63) is 120 Å². The molecule has 33 heavy (non-hydrogen) atoms. The Hall–Kier alpha value is -4.72. The second-order valence-electron chi connectivity index (χ2n) is 7.64. The molecule has 0 N–H and O–H groups in total. The minimum Gasteiger partial charge on any atom is -0.455 e. The number of ether oxygens (including phenoxy) is 1. The van der Waals surface area contributed by atoms with Crippen molar-refractivity contribution >= 4 is 27.6 Å². The highest BCUT2D eigenvalue weighted by atomic mass is 16.6. The van der Waals surface area contributed by atoms with Gasteiger partial charge in [0.05, 0.1) is 32.7 Å². The van der Waals surface area contributed by atoms with Crippen LogP contribution in [0.1, 0.15) is 22.6 Å². The van der Waals surface area contributed by atoms with E-state index in [0.29, 0.717) is 27.5 Å². The molecule has 0 bridgehead atoms. The van der Waals surface area contributed by atoms with Crippen LogP contribution in [0.15, 0.2) is 91.2 Å². The number of hydrogen-bond donors (Lipinski definition) is 0. The van der Waals surface area contributed by atoms with Gasteiger partial charge in [0.25, 0.3) is 5.69 Å². The van der Waals surface area contributed by atoms with E-state index in [2.05, 4.69) is 0 Å². The molecule has 8 nitrogen and oxygen atoms in total. The second kappa shape index (κ2) is 6.89. The molecule has 0 spiro atoms. The van der Waals surface area contributed by atoms with Gasteiger partial charge in [-0.05, 0) is 29.8 Å². The lowest BCUT2D eigenvalue weighted by Crippen LogP contribution is -2.26. The van der Waals surface area contributed by atoms with Crippen LogP contribution in [-0.2, 0) is 0 Å². The highest BCUT2D eigenvalue weighted by Crippen LogP contribution is 2.49. The van der Waals surface area contributed by atoms with E-state index in [4.69, 9.17) is 13.6 Å². The second-order valence-corrected chi connectivity index (χ2v) is 7.64. The average molecular weight is 439 g/mol. The Balaban J connectivity index is 1.74. The highest BCUT2D eigenvalue weighted by molar-refractivity contribution is 5.90. The van der Waals surface area contributed by atoms with Crippen LogP contribution in [0.4, 0.5) is 5.69 Å². The molecule has 0 saturated heterocycles. The molecule has 160 valence electrons. The van der Waals surface area contributed by atoms with E-state index in [1.807, 2.05) is 0 Å². The first kappa shape index (κ1) is 19.0. The molecule has 1 aliphatic rings. The Morgan fingerprint density at radius 1 is 0.697 bits per heavy atom. The number of hydrogen-bond acceptors (Lipinski definition) is 7. The van der Waals surface area contributed by atoms with E-state index in [9.17, 15) is 19.7 Å². The van der Waals surface area contributed by atoms with Gasteiger partial charge >= 0.3 is 11.3 Å². The maximum Gasteiger partial charge on any atom is 0.344 e. The molecule has 0 fully saturated rings. The molecule has 3 heterocycles. The lowest BCUT2D eigenvalue weighted by Gasteiger charge is -2.27. The Labute approximate surface area is 184 Å². The molecule has 0 saturated carbocycles. The number of nitrogens with zero attached hydrogens (tertiary/aromatic N) is 1. The van der Waals surface area contributed by atoms with Crippen molar-refractivity contribution in [2.75, 3.05) is 0 Å². The first-order chi connectivity index (χ1) is 16.0. The maximum atomic E-state index is 13.1. The van der Waals surface area contributed by atoms with Crippen LogP contribution in [-0.4, -0.2) is 4.92 Å². The van der Waals surface area contributed by atoms with Crippen LogP contribution < -0.4 is 16.0 Å². The third kappa shape index (κ3) is 2.77. The van der Waals surface area contributed by atoms with Crippen LogP contribution in [0.25, 0.3) is 21.9 Å². The van der Waals surface area contributed by atoms with Crippen molar-refractivity contribution < 1.29 is 18.5 Å². The van der Waals surface area contributed by atoms with Crippen LogP contribution in [0.3, 0.4) is 0 Å². The standard InChI is InChI=1S/C25H13NO7/c27-24-20-19(13-9-11-14(12-10-13)26(29)30)21-23(16-6-2-4-8-18(16)32-25(21)28)33-22(20)15-5-1-3-7-17(15)31-24/h1-12,19H. The quantitative estimate of drug-likeness (QED) is 0.210. The SMILES string of the molecule is O=c1oc2ccccc2c2c1C(c1ccc([N+](=O)[O-])cc1)c1c(c3ccccc3oc1=O)O2. The van der Waals surface area contributed by atoms with Crippen molar-refractivity contribution in [1.29, 1.82) is 0 Å². The molecule has 0 amide bonds. The number of nitro groups is 1. The van der Waals surface area contributed by atoms with E-state index < -0.39 is 22.1 Å². The third-order valence-corrected chi connectivity index (χ3v) is 5.82. The normalized spacial score (nSPS) is 12.8. The summed E-state index contributed by atoms with van der Waals surface area (Å²) in [5, 5.41) is 12.3. The van der Waals surface area contributed by atoms with E-state index in [1.165, 1.54) is 24.3 Å². The fourth-order valence-corrected chi connectivity index (χ4v) is 4.36. The van der Waals surface area contributed by atoms with Gasteiger partial charge in [0.15, 0.2) is 0 Å². The highest BCUT2D eigenvalue weighted by Gasteiger charge is 2.38. The number of fused-ring (bicyclic) bond motifs is 6. The van der Waals surface area contributed by atoms with Gasteiger partial charge in [0.2, 0.25) is 0 Å². The largest absolute Gasteiger partial charge is 0.455 e. The van der Waals surface area contributed by atoms with Gasteiger partial charge in [-0.15, -0.1) is 0 Å². The van der Waals surface area contributed by atoms with Crippen LogP contribution in [0, 0.1) is 10.1 Å². The average Bonchev–Trinajstić information content (AvgIpc) is 2.83. The Morgan fingerprint density at radius 2 is 1.18 bits per heavy atom. The predicted octanol–water partition coefficient (Wildman–Crippen LogP) is 5.09. The molecule has 8 heteroatoms. The monoisotopic (exact) mass is 439 g/mol. The summed E-state index contributed by atoms with van der Waals surface area (Å²) >= 11 is 0. The lowest BCUT2D eigenvalue weighted by molar-refractivity contribution is -0.384. The smallest absolute Gasteiger partial charge is 0.344 e. The van der Waals surface area contributed by atoms with Gasteiger partial charge in [-0.25, -0.2) is 9.59 Å². The summed E-state index contributed by atoms with van der Waals surface area (Å²) in [7, 11) is 0. The molecule has 0 atom stereocenters. The Kier molecular flexibility index (Phi) is 3.97. The van der Waals surface area contributed by atoms with Gasteiger partial charge in [-0.3, -0.25) is 10.1 Å². The van der Waals surface area contributed by atoms with Gasteiger partial charge < -0.3 is 13.6 Å². The van der Waals surface area contributed by atoms with Crippen molar-refractivity contribution in [2.24, 2.45) is 0 Å². The van der Waals surface area contributed by atoms with Crippen molar-refractivity contribution in [3.63, 3.8) is 0 Å². The van der Waals surface area contributed by atoms with E-state index in [-0.39, 0.29) is 28.3 Å². The minimum atomic E-state index is -0.897. The molecule has 0 radical (unpaired) electrons.